The van der Waals surface area contributed by atoms with Crippen molar-refractivity contribution in [2.24, 2.45) is 0 Å². The second-order valence-corrected chi connectivity index (χ2v) is 4.45. The molecule has 0 radical (unpaired) electrons. The zero-order valence-corrected chi connectivity index (χ0v) is 10.1. The Balaban J connectivity index is 1.80. The van der Waals surface area contributed by atoms with Gasteiger partial charge in [0.15, 0.2) is 5.69 Å². The fourth-order valence-corrected chi connectivity index (χ4v) is 1.94. The van der Waals surface area contributed by atoms with Gasteiger partial charge in [-0.1, -0.05) is 12.8 Å². The molecule has 0 spiro atoms. The van der Waals surface area contributed by atoms with Gasteiger partial charge in [0, 0.05) is 6.20 Å². The van der Waals surface area contributed by atoms with E-state index in [1.54, 1.807) is 0 Å². The van der Waals surface area contributed by atoms with E-state index in [9.17, 15) is 18.0 Å². The van der Waals surface area contributed by atoms with Gasteiger partial charge in [0.05, 0.1) is 6.10 Å². The molecule has 0 aliphatic heterocycles. The highest BCUT2D eigenvalue weighted by Gasteiger charge is 2.33. The van der Waals surface area contributed by atoms with Crippen molar-refractivity contribution in [2.45, 2.75) is 44.5 Å². The van der Waals surface area contributed by atoms with E-state index in [4.69, 9.17) is 4.84 Å². The highest BCUT2D eigenvalue weighted by molar-refractivity contribution is 5.74. The molecular formula is C11H14F3N3O2. The molecule has 1 aromatic rings. The molecule has 1 amide bonds. The second kappa shape index (κ2) is 5.60. The summed E-state index contributed by atoms with van der Waals surface area (Å²) < 4.78 is 37.8. The number of hydroxylamine groups is 1. The summed E-state index contributed by atoms with van der Waals surface area (Å²) in [6.45, 7) is -0.303. The van der Waals surface area contributed by atoms with E-state index in [1.807, 2.05) is 0 Å². The summed E-state index contributed by atoms with van der Waals surface area (Å²) in [5.41, 5.74) is 1.22. The third kappa shape index (κ3) is 3.95. The Labute approximate surface area is 107 Å². The number of alkyl halides is 3. The minimum atomic E-state index is -4.50. The van der Waals surface area contributed by atoms with Gasteiger partial charge in [0.2, 0.25) is 0 Å². The van der Waals surface area contributed by atoms with Crippen LogP contribution < -0.4 is 5.48 Å². The fourth-order valence-electron chi connectivity index (χ4n) is 1.94. The zero-order valence-electron chi connectivity index (χ0n) is 10.1. The van der Waals surface area contributed by atoms with E-state index < -0.39 is 17.8 Å². The Morgan fingerprint density at radius 2 is 2.16 bits per heavy atom. The number of carbonyl (C=O) groups is 1. The molecule has 1 aliphatic rings. The number of rotatable bonds is 4. The number of carbonyl (C=O) groups excluding carboxylic acids is 1. The van der Waals surface area contributed by atoms with Crippen molar-refractivity contribution in [1.82, 2.24) is 15.3 Å². The maximum atomic E-state index is 12.3. The monoisotopic (exact) mass is 277 g/mol. The maximum absolute atomic E-state index is 12.3. The van der Waals surface area contributed by atoms with E-state index in [0.717, 1.165) is 42.6 Å². The highest BCUT2D eigenvalue weighted by atomic mass is 19.4. The standard InChI is InChI=1S/C11H14F3N3O2/c12-11(13,14)9-5-6-17(15-9)7-10(18)16-19-8-3-1-2-4-8/h5-6,8H,1-4,7H2,(H,16,18). The van der Waals surface area contributed by atoms with Crippen LogP contribution >= 0.6 is 0 Å². The number of nitrogens with zero attached hydrogens (tertiary/aromatic N) is 2. The molecule has 2 rings (SSSR count). The van der Waals surface area contributed by atoms with E-state index >= 15 is 0 Å². The Kier molecular flexibility index (Phi) is 4.08. The van der Waals surface area contributed by atoms with Crippen LogP contribution in [-0.2, 0) is 22.4 Å². The van der Waals surface area contributed by atoms with Crippen molar-refractivity contribution in [1.29, 1.82) is 0 Å². The van der Waals surface area contributed by atoms with Crippen LogP contribution in [0.1, 0.15) is 31.4 Å². The maximum Gasteiger partial charge on any atom is 0.435 e. The molecule has 5 nitrogen and oxygen atoms in total. The number of amides is 1. The summed E-state index contributed by atoms with van der Waals surface area (Å²) in [6, 6.07) is 0.825. The lowest BCUT2D eigenvalue weighted by molar-refractivity contribution is -0.143. The smallest absolute Gasteiger partial charge is 0.271 e. The normalized spacial score (nSPS) is 16.8. The van der Waals surface area contributed by atoms with Gasteiger partial charge in [0.25, 0.3) is 5.91 Å². The summed E-state index contributed by atoms with van der Waals surface area (Å²) in [4.78, 5) is 16.6. The third-order valence-corrected chi connectivity index (χ3v) is 2.88. The van der Waals surface area contributed by atoms with Gasteiger partial charge in [-0.2, -0.15) is 18.3 Å². The molecule has 19 heavy (non-hydrogen) atoms. The zero-order chi connectivity index (χ0) is 13.9. The number of aromatic nitrogens is 2. The average Bonchev–Trinajstić information content (AvgIpc) is 2.95. The molecule has 1 aromatic heterocycles. The van der Waals surface area contributed by atoms with E-state index in [2.05, 4.69) is 10.6 Å². The predicted octanol–water partition coefficient (Wildman–Crippen LogP) is 1.89. The lowest BCUT2D eigenvalue weighted by atomic mass is 10.3. The summed E-state index contributed by atoms with van der Waals surface area (Å²) in [5, 5.41) is 3.28. The van der Waals surface area contributed by atoms with Crippen molar-refractivity contribution in [3.63, 3.8) is 0 Å². The predicted molar refractivity (Wildman–Crippen MR) is 58.7 cm³/mol. The first-order chi connectivity index (χ1) is 8.95. The molecule has 0 atom stereocenters. The largest absolute Gasteiger partial charge is 0.435 e. The molecule has 0 bridgehead atoms. The van der Waals surface area contributed by atoms with Crippen LogP contribution in [0.2, 0.25) is 0 Å². The molecule has 0 saturated heterocycles. The lowest BCUT2D eigenvalue weighted by Gasteiger charge is -2.11. The highest BCUT2D eigenvalue weighted by Crippen LogP contribution is 2.27. The van der Waals surface area contributed by atoms with Crippen LogP contribution in [0.25, 0.3) is 0 Å². The topological polar surface area (TPSA) is 56.2 Å². The molecule has 8 heteroatoms. The number of hydrogen-bond donors (Lipinski definition) is 1. The minimum Gasteiger partial charge on any atom is -0.271 e. The van der Waals surface area contributed by atoms with Crippen LogP contribution in [-0.4, -0.2) is 21.8 Å². The van der Waals surface area contributed by atoms with Gasteiger partial charge in [-0.25, -0.2) is 5.48 Å². The Hall–Kier alpha value is -1.57. The van der Waals surface area contributed by atoms with Crippen molar-refractivity contribution in [3.05, 3.63) is 18.0 Å². The quantitative estimate of drug-likeness (QED) is 0.855. The SMILES string of the molecule is O=C(Cn1ccc(C(F)(F)F)n1)NOC1CCCC1. The van der Waals surface area contributed by atoms with Gasteiger partial charge >= 0.3 is 6.18 Å². The second-order valence-electron chi connectivity index (χ2n) is 4.45. The van der Waals surface area contributed by atoms with Crippen molar-refractivity contribution in [3.8, 4) is 0 Å². The molecule has 0 unspecified atom stereocenters. The molecular weight excluding hydrogens is 263 g/mol. The average molecular weight is 277 g/mol. The van der Waals surface area contributed by atoms with Crippen LogP contribution in [0.3, 0.4) is 0 Å². The molecule has 1 aliphatic carbocycles. The molecule has 1 saturated carbocycles. The molecule has 1 heterocycles. The first-order valence-corrected chi connectivity index (χ1v) is 6.00. The Bertz CT molecular complexity index is 439. The summed E-state index contributed by atoms with van der Waals surface area (Å²) in [5.74, 6) is -0.524. The van der Waals surface area contributed by atoms with Gasteiger partial charge in [-0.15, -0.1) is 0 Å². The van der Waals surface area contributed by atoms with E-state index in [-0.39, 0.29) is 12.6 Å². The molecule has 1 N–H and O–H groups in total. The van der Waals surface area contributed by atoms with Gasteiger partial charge < -0.3 is 0 Å². The number of nitrogens with one attached hydrogen (secondary N) is 1. The van der Waals surface area contributed by atoms with Crippen molar-refractivity contribution < 1.29 is 22.8 Å². The van der Waals surface area contributed by atoms with Crippen LogP contribution in [0.4, 0.5) is 13.2 Å². The van der Waals surface area contributed by atoms with Crippen LogP contribution in [0.15, 0.2) is 12.3 Å². The minimum absolute atomic E-state index is 0.00677. The van der Waals surface area contributed by atoms with Gasteiger partial charge in [-0.3, -0.25) is 14.3 Å². The third-order valence-electron chi connectivity index (χ3n) is 2.88. The molecule has 1 fully saturated rings. The first-order valence-electron chi connectivity index (χ1n) is 6.00. The number of halogens is 3. The van der Waals surface area contributed by atoms with Crippen LogP contribution in [0, 0.1) is 0 Å². The summed E-state index contributed by atoms with van der Waals surface area (Å²) >= 11 is 0. The summed E-state index contributed by atoms with van der Waals surface area (Å²) in [6.07, 6.45) is 0.524. The Morgan fingerprint density at radius 3 is 2.74 bits per heavy atom. The molecule has 106 valence electrons. The lowest BCUT2D eigenvalue weighted by Crippen LogP contribution is -2.31. The van der Waals surface area contributed by atoms with E-state index in [1.165, 1.54) is 0 Å². The van der Waals surface area contributed by atoms with Crippen LogP contribution in [0.5, 0.6) is 0 Å². The van der Waals surface area contributed by atoms with Crippen molar-refractivity contribution in [2.75, 3.05) is 0 Å². The number of hydrogen-bond acceptors (Lipinski definition) is 3. The Morgan fingerprint density at radius 1 is 1.47 bits per heavy atom. The first kappa shape index (κ1) is 13.9. The summed E-state index contributed by atoms with van der Waals surface area (Å²) in [7, 11) is 0. The van der Waals surface area contributed by atoms with E-state index in [0.29, 0.717) is 0 Å². The van der Waals surface area contributed by atoms with Crippen molar-refractivity contribution >= 4 is 5.91 Å². The molecule has 0 aromatic carbocycles. The van der Waals surface area contributed by atoms with Gasteiger partial charge in [-0.05, 0) is 18.9 Å². The van der Waals surface area contributed by atoms with Gasteiger partial charge in [0.1, 0.15) is 6.54 Å². The fraction of sp³-hybridized carbons (Fsp3) is 0.636.